The van der Waals surface area contributed by atoms with Crippen molar-refractivity contribution in [3.63, 3.8) is 0 Å². The maximum absolute atomic E-state index is 11.7. The number of hydrogen-bond acceptors (Lipinski definition) is 4. The summed E-state index contributed by atoms with van der Waals surface area (Å²) in [5.74, 6) is 0. The van der Waals surface area contributed by atoms with E-state index < -0.39 is 28.1 Å². The Morgan fingerprint density at radius 3 is 2.44 bits per heavy atom. The van der Waals surface area contributed by atoms with E-state index in [1.54, 1.807) is 6.92 Å². The Labute approximate surface area is 109 Å². The summed E-state index contributed by atoms with van der Waals surface area (Å²) in [5, 5.41) is -1.03. The summed E-state index contributed by atoms with van der Waals surface area (Å²) < 4.78 is 64.7. The zero-order valence-corrected chi connectivity index (χ0v) is 11.3. The molecule has 0 aromatic heterocycles. The number of halogens is 3. The summed E-state index contributed by atoms with van der Waals surface area (Å²) >= 11 is 4.59. The van der Waals surface area contributed by atoms with E-state index in [-0.39, 0.29) is 24.6 Å². The Morgan fingerprint density at radius 1 is 1.50 bits per heavy atom. The standard InChI is InChI=1S/C8H15F3N2O3S2/c1-2-6(7(12)17)18(14,15)13-3-4-16-5-8(9,10)11/h6,13H,2-5H2,1H3,(H2,12,17). The number of rotatable bonds is 8. The molecule has 1 atom stereocenters. The van der Waals surface area contributed by atoms with Crippen LogP contribution in [0.1, 0.15) is 13.3 Å². The second kappa shape index (κ2) is 7.22. The number of nitrogens with one attached hydrogen (secondary N) is 1. The third kappa shape index (κ3) is 7.09. The van der Waals surface area contributed by atoms with Crippen LogP contribution < -0.4 is 10.5 Å². The number of hydrogen-bond donors (Lipinski definition) is 2. The first-order valence-corrected chi connectivity index (χ1v) is 6.98. The summed E-state index contributed by atoms with van der Waals surface area (Å²) in [4.78, 5) is -0.179. The van der Waals surface area contributed by atoms with Gasteiger partial charge in [-0.25, -0.2) is 13.1 Å². The van der Waals surface area contributed by atoms with Crippen LogP contribution in [-0.4, -0.2) is 44.6 Å². The molecule has 108 valence electrons. The molecular weight excluding hydrogens is 293 g/mol. The third-order valence-electron chi connectivity index (χ3n) is 1.88. The van der Waals surface area contributed by atoms with Crippen molar-refractivity contribution in [3.8, 4) is 0 Å². The minimum absolute atomic E-state index is 0.179. The van der Waals surface area contributed by atoms with E-state index in [0.717, 1.165) is 0 Å². The summed E-state index contributed by atoms with van der Waals surface area (Å²) in [7, 11) is -3.77. The highest BCUT2D eigenvalue weighted by atomic mass is 32.2. The first-order valence-electron chi connectivity index (χ1n) is 5.02. The van der Waals surface area contributed by atoms with Crippen LogP contribution in [0, 0.1) is 0 Å². The van der Waals surface area contributed by atoms with Crippen molar-refractivity contribution in [1.82, 2.24) is 4.72 Å². The summed E-state index contributed by atoms with van der Waals surface area (Å²) in [6.07, 6.45) is -4.24. The second-order valence-electron chi connectivity index (χ2n) is 3.41. The van der Waals surface area contributed by atoms with Crippen molar-refractivity contribution in [1.29, 1.82) is 0 Å². The number of thiocarbonyl (C=S) groups is 1. The third-order valence-corrected chi connectivity index (χ3v) is 4.25. The molecule has 10 heteroatoms. The molecule has 0 bridgehead atoms. The van der Waals surface area contributed by atoms with E-state index in [1.807, 2.05) is 0 Å². The van der Waals surface area contributed by atoms with Gasteiger partial charge in [-0.1, -0.05) is 19.1 Å². The molecule has 0 aromatic rings. The molecule has 1 unspecified atom stereocenters. The molecule has 5 nitrogen and oxygen atoms in total. The number of nitrogens with two attached hydrogens (primary N) is 1. The van der Waals surface area contributed by atoms with Gasteiger partial charge in [0.15, 0.2) is 0 Å². The predicted molar refractivity (Wildman–Crippen MR) is 64.7 cm³/mol. The first kappa shape index (κ1) is 17.6. The zero-order valence-electron chi connectivity index (χ0n) is 9.66. The first-order chi connectivity index (χ1) is 8.10. The Balaban J connectivity index is 4.09. The smallest absolute Gasteiger partial charge is 0.392 e. The van der Waals surface area contributed by atoms with Crippen LogP contribution in [0.3, 0.4) is 0 Å². The van der Waals surface area contributed by atoms with Crippen molar-refractivity contribution < 1.29 is 26.3 Å². The maximum atomic E-state index is 11.7. The molecule has 0 aromatic carbocycles. The van der Waals surface area contributed by atoms with E-state index in [1.165, 1.54) is 0 Å². The van der Waals surface area contributed by atoms with Crippen LogP contribution in [0.2, 0.25) is 0 Å². The quantitative estimate of drug-likeness (QED) is 0.505. The topological polar surface area (TPSA) is 81.4 Å². The van der Waals surface area contributed by atoms with E-state index in [0.29, 0.717) is 0 Å². The molecule has 0 heterocycles. The SMILES string of the molecule is CCC(C(N)=S)S(=O)(=O)NCCOCC(F)(F)F. The van der Waals surface area contributed by atoms with E-state index in [2.05, 4.69) is 21.7 Å². The second-order valence-corrected chi connectivity index (χ2v) is 5.83. The van der Waals surface area contributed by atoms with Gasteiger partial charge in [-0.3, -0.25) is 0 Å². The van der Waals surface area contributed by atoms with Crippen LogP contribution in [0.25, 0.3) is 0 Å². The fraction of sp³-hybridized carbons (Fsp3) is 0.875. The monoisotopic (exact) mass is 308 g/mol. The highest BCUT2D eigenvalue weighted by Crippen LogP contribution is 2.14. The van der Waals surface area contributed by atoms with Gasteiger partial charge < -0.3 is 10.5 Å². The minimum atomic E-state index is -4.43. The molecular formula is C8H15F3N2O3S2. The molecule has 0 aliphatic heterocycles. The Hall–Kier alpha value is -0.450. The van der Waals surface area contributed by atoms with Gasteiger partial charge in [0.1, 0.15) is 11.9 Å². The van der Waals surface area contributed by atoms with E-state index >= 15 is 0 Å². The molecule has 0 fully saturated rings. The van der Waals surface area contributed by atoms with Gasteiger partial charge in [0.05, 0.1) is 11.6 Å². The molecule has 0 amide bonds. The van der Waals surface area contributed by atoms with Crippen LogP contribution in [0.5, 0.6) is 0 Å². The molecule has 0 spiro atoms. The highest BCUT2D eigenvalue weighted by Gasteiger charge is 2.28. The van der Waals surface area contributed by atoms with E-state index in [9.17, 15) is 21.6 Å². The lowest BCUT2D eigenvalue weighted by molar-refractivity contribution is -0.173. The molecule has 3 N–H and O–H groups in total. The fourth-order valence-corrected chi connectivity index (χ4v) is 2.98. The van der Waals surface area contributed by atoms with Crippen molar-refractivity contribution in [3.05, 3.63) is 0 Å². The van der Waals surface area contributed by atoms with E-state index in [4.69, 9.17) is 5.73 Å². The van der Waals surface area contributed by atoms with Crippen molar-refractivity contribution in [2.24, 2.45) is 5.73 Å². The van der Waals surface area contributed by atoms with Crippen molar-refractivity contribution in [2.75, 3.05) is 19.8 Å². The van der Waals surface area contributed by atoms with Gasteiger partial charge >= 0.3 is 6.18 Å². The normalized spacial score (nSPS) is 14.4. The van der Waals surface area contributed by atoms with Crippen molar-refractivity contribution >= 4 is 27.2 Å². The molecule has 0 saturated heterocycles. The lowest BCUT2D eigenvalue weighted by atomic mass is 10.3. The van der Waals surface area contributed by atoms with Crippen LogP contribution in [-0.2, 0) is 14.8 Å². The van der Waals surface area contributed by atoms with Gasteiger partial charge in [-0.05, 0) is 6.42 Å². The lowest BCUT2D eigenvalue weighted by Crippen LogP contribution is -2.42. The number of ether oxygens (including phenoxy) is 1. The summed E-state index contributed by atoms with van der Waals surface area (Å²) in [6, 6.07) is 0. The molecule has 0 saturated carbocycles. The maximum Gasteiger partial charge on any atom is 0.411 e. The Morgan fingerprint density at radius 2 is 2.06 bits per heavy atom. The van der Waals surface area contributed by atoms with Crippen LogP contribution in [0.4, 0.5) is 13.2 Å². The minimum Gasteiger partial charge on any atom is -0.392 e. The number of alkyl halides is 3. The van der Waals surface area contributed by atoms with Gasteiger partial charge in [0, 0.05) is 6.54 Å². The Kier molecular flexibility index (Phi) is 7.04. The van der Waals surface area contributed by atoms with Crippen molar-refractivity contribution in [2.45, 2.75) is 24.8 Å². The predicted octanol–water partition coefficient (Wildman–Crippen LogP) is 0.549. The summed E-state index contributed by atoms with van der Waals surface area (Å²) in [5.41, 5.74) is 5.25. The lowest BCUT2D eigenvalue weighted by Gasteiger charge is -2.15. The van der Waals surface area contributed by atoms with Gasteiger partial charge in [0.25, 0.3) is 0 Å². The molecule has 0 rings (SSSR count). The fourth-order valence-electron chi connectivity index (χ4n) is 1.12. The average molecular weight is 308 g/mol. The largest absolute Gasteiger partial charge is 0.411 e. The summed E-state index contributed by atoms with van der Waals surface area (Å²) in [6.45, 7) is -0.478. The molecule has 0 aliphatic rings. The van der Waals surface area contributed by atoms with Gasteiger partial charge in [-0.15, -0.1) is 0 Å². The zero-order chi connectivity index (χ0) is 14.4. The Bertz CT molecular complexity index is 370. The molecule has 0 aliphatic carbocycles. The highest BCUT2D eigenvalue weighted by molar-refractivity contribution is 7.93. The average Bonchev–Trinajstić information content (AvgIpc) is 2.14. The van der Waals surface area contributed by atoms with Gasteiger partial charge in [-0.2, -0.15) is 13.2 Å². The molecule has 0 radical (unpaired) electrons. The van der Waals surface area contributed by atoms with Crippen LogP contribution >= 0.6 is 12.2 Å². The van der Waals surface area contributed by atoms with Crippen LogP contribution in [0.15, 0.2) is 0 Å². The molecule has 18 heavy (non-hydrogen) atoms. The van der Waals surface area contributed by atoms with Gasteiger partial charge in [0.2, 0.25) is 10.0 Å². The number of sulfonamides is 1.